The summed E-state index contributed by atoms with van der Waals surface area (Å²) in [6, 6.07) is 0.743. The smallest absolute Gasteiger partial charge is 0.0477 e. The largest absolute Gasteiger partial charge is 0.382 e. The Balaban J connectivity index is 1.91. The number of hydrogen-bond donors (Lipinski definition) is 1. The quantitative estimate of drug-likeness (QED) is 0.650. The summed E-state index contributed by atoms with van der Waals surface area (Å²) in [6.45, 7) is 7.37. The molecule has 1 heterocycles. The lowest BCUT2D eigenvalue weighted by atomic mass is 10.1. The van der Waals surface area contributed by atoms with Gasteiger partial charge in [-0.25, -0.2) is 0 Å². The zero-order valence-corrected chi connectivity index (χ0v) is 9.59. The SMILES string of the molecule is CCOCCCNC1CCN(C)CC1. The molecule has 0 aromatic heterocycles. The molecule has 3 heteroatoms. The Kier molecular flexibility index (Phi) is 6.15. The number of rotatable bonds is 6. The van der Waals surface area contributed by atoms with E-state index in [-0.39, 0.29) is 0 Å². The van der Waals surface area contributed by atoms with Crippen molar-refractivity contribution in [1.82, 2.24) is 10.2 Å². The molecule has 1 rings (SSSR count). The van der Waals surface area contributed by atoms with Gasteiger partial charge in [0, 0.05) is 19.3 Å². The summed E-state index contributed by atoms with van der Waals surface area (Å²) in [4.78, 5) is 2.40. The molecule has 0 aromatic rings. The van der Waals surface area contributed by atoms with Crippen molar-refractivity contribution in [3.8, 4) is 0 Å². The van der Waals surface area contributed by atoms with Gasteiger partial charge in [0.1, 0.15) is 0 Å². The number of hydrogen-bond acceptors (Lipinski definition) is 3. The van der Waals surface area contributed by atoms with Gasteiger partial charge in [-0.3, -0.25) is 0 Å². The van der Waals surface area contributed by atoms with Crippen LogP contribution in [0.4, 0.5) is 0 Å². The lowest BCUT2D eigenvalue weighted by Crippen LogP contribution is -2.41. The van der Waals surface area contributed by atoms with Gasteiger partial charge >= 0.3 is 0 Å². The molecule has 84 valence electrons. The van der Waals surface area contributed by atoms with Crippen molar-refractivity contribution in [2.24, 2.45) is 0 Å². The van der Waals surface area contributed by atoms with E-state index in [0.29, 0.717) is 0 Å². The second-order valence-corrected chi connectivity index (χ2v) is 4.08. The first kappa shape index (κ1) is 12.0. The minimum atomic E-state index is 0.743. The number of nitrogens with one attached hydrogen (secondary N) is 1. The van der Waals surface area contributed by atoms with Gasteiger partial charge < -0.3 is 15.0 Å². The Morgan fingerprint density at radius 1 is 1.36 bits per heavy atom. The van der Waals surface area contributed by atoms with Gasteiger partial charge in [0.15, 0.2) is 0 Å². The topological polar surface area (TPSA) is 24.5 Å². The van der Waals surface area contributed by atoms with Crippen molar-refractivity contribution in [2.75, 3.05) is 39.9 Å². The van der Waals surface area contributed by atoms with Crippen LogP contribution in [0.5, 0.6) is 0 Å². The summed E-state index contributed by atoms with van der Waals surface area (Å²) < 4.78 is 5.29. The first-order chi connectivity index (χ1) is 6.83. The Bertz CT molecular complexity index is 133. The molecule has 0 saturated carbocycles. The van der Waals surface area contributed by atoms with Crippen LogP contribution in [0.25, 0.3) is 0 Å². The van der Waals surface area contributed by atoms with Crippen LogP contribution in [0.2, 0.25) is 0 Å². The molecule has 0 unspecified atom stereocenters. The predicted molar refractivity (Wildman–Crippen MR) is 59.6 cm³/mol. The average Bonchev–Trinajstić information content (AvgIpc) is 2.21. The molecule has 1 N–H and O–H groups in total. The van der Waals surface area contributed by atoms with Crippen LogP contribution in [0.1, 0.15) is 26.2 Å². The van der Waals surface area contributed by atoms with Crippen LogP contribution in [-0.2, 0) is 4.74 Å². The fourth-order valence-corrected chi connectivity index (χ4v) is 1.84. The first-order valence-electron chi connectivity index (χ1n) is 5.82. The average molecular weight is 200 g/mol. The van der Waals surface area contributed by atoms with E-state index in [0.717, 1.165) is 32.2 Å². The zero-order chi connectivity index (χ0) is 10.2. The molecule has 0 atom stereocenters. The van der Waals surface area contributed by atoms with Gasteiger partial charge in [-0.15, -0.1) is 0 Å². The van der Waals surface area contributed by atoms with Crippen LogP contribution < -0.4 is 5.32 Å². The molecule has 0 aromatic carbocycles. The zero-order valence-electron chi connectivity index (χ0n) is 9.59. The molecule has 0 radical (unpaired) electrons. The van der Waals surface area contributed by atoms with Crippen LogP contribution in [-0.4, -0.2) is 50.8 Å². The van der Waals surface area contributed by atoms with E-state index in [1.807, 2.05) is 6.92 Å². The van der Waals surface area contributed by atoms with E-state index in [4.69, 9.17) is 4.74 Å². The Morgan fingerprint density at radius 3 is 2.71 bits per heavy atom. The van der Waals surface area contributed by atoms with Gasteiger partial charge in [-0.2, -0.15) is 0 Å². The molecule has 0 spiro atoms. The van der Waals surface area contributed by atoms with Gasteiger partial charge in [0.25, 0.3) is 0 Å². The Hall–Kier alpha value is -0.120. The number of ether oxygens (including phenoxy) is 1. The molecule has 1 saturated heterocycles. The highest BCUT2D eigenvalue weighted by Crippen LogP contribution is 2.07. The molecule has 14 heavy (non-hydrogen) atoms. The molecule has 0 bridgehead atoms. The molecule has 3 nitrogen and oxygen atoms in total. The van der Waals surface area contributed by atoms with E-state index in [2.05, 4.69) is 17.3 Å². The third kappa shape index (κ3) is 4.94. The number of nitrogens with zero attached hydrogens (tertiary/aromatic N) is 1. The molecular formula is C11H24N2O. The minimum absolute atomic E-state index is 0.743. The lowest BCUT2D eigenvalue weighted by molar-refractivity contribution is 0.142. The van der Waals surface area contributed by atoms with E-state index in [9.17, 15) is 0 Å². The summed E-state index contributed by atoms with van der Waals surface area (Å²) >= 11 is 0. The van der Waals surface area contributed by atoms with Crippen molar-refractivity contribution >= 4 is 0 Å². The summed E-state index contributed by atoms with van der Waals surface area (Å²) in [5.41, 5.74) is 0. The predicted octanol–water partition coefficient (Wildman–Crippen LogP) is 1.10. The van der Waals surface area contributed by atoms with Crippen molar-refractivity contribution < 1.29 is 4.74 Å². The lowest BCUT2D eigenvalue weighted by Gasteiger charge is -2.29. The highest BCUT2D eigenvalue weighted by molar-refractivity contribution is 4.74. The fourth-order valence-electron chi connectivity index (χ4n) is 1.84. The molecule has 1 aliphatic rings. The molecule has 0 amide bonds. The van der Waals surface area contributed by atoms with Crippen LogP contribution in [0.3, 0.4) is 0 Å². The summed E-state index contributed by atoms with van der Waals surface area (Å²) in [5.74, 6) is 0. The maximum atomic E-state index is 5.29. The van der Waals surface area contributed by atoms with Crippen LogP contribution >= 0.6 is 0 Å². The monoisotopic (exact) mass is 200 g/mol. The van der Waals surface area contributed by atoms with Crippen molar-refractivity contribution in [3.05, 3.63) is 0 Å². The van der Waals surface area contributed by atoms with Crippen LogP contribution in [0.15, 0.2) is 0 Å². The number of piperidine rings is 1. The minimum Gasteiger partial charge on any atom is -0.382 e. The van der Waals surface area contributed by atoms with Gasteiger partial charge in [0.2, 0.25) is 0 Å². The molecule has 1 fully saturated rings. The fraction of sp³-hybridized carbons (Fsp3) is 1.00. The van der Waals surface area contributed by atoms with Gasteiger partial charge in [-0.1, -0.05) is 0 Å². The highest BCUT2D eigenvalue weighted by Gasteiger charge is 2.14. The normalized spacial score (nSPS) is 20.1. The molecular weight excluding hydrogens is 176 g/mol. The Labute approximate surface area is 87.8 Å². The van der Waals surface area contributed by atoms with E-state index in [1.54, 1.807) is 0 Å². The number of likely N-dealkylation sites (tertiary alicyclic amines) is 1. The highest BCUT2D eigenvalue weighted by atomic mass is 16.5. The summed E-state index contributed by atoms with van der Waals surface area (Å²) in [5, 5.41) is 3.59. The van der Waals surface area contributed by atoms with Gasteiger partial charge in [0.05, 0.1) is 0 Å². The van der Waals surface area contributed by atoms with Crippen molar-refractivity contribution in [1.29, 1.82) is 0 Å². The van der Waals surface area contributed by atoms with E-state index < -0.39 is 0 Å². The second kappa shape index (κ2) is 7.21. The molecule has 1 aliphatic heterocycles. The van der Waals surface area contributed by atoms with Crippen molar-refractivity contribution in [3.63, 3.8) is 0 Å². The first-order valence-corrected chi connectivity index (χ1v) is 5.82. The van der Waals surface area contributed by atoms with E-state index in [1.165, 1.54) is 25.9 Å². The third-order valence-corrected chi connectivity index (χ3v) is 2.82. The molecule has 0 aliphatic carbocycles. The summed E-state index contributed by atoms with van der Waals surface area (Å²) in [6.07, 6.45) is 3.73. The van der Waals surface area contributed by atoms with Crippen LogP contribution in [0, 0.1) is 0 Å². The maximum Gasteiger partial charge on any atom is 0.0477 e. The standard InChI is InChI=1S/C11H24N2O/c1-3-14-10-4-7-12-11-5-8-13(2)9-6-11/h11-12H,3-10H2,1-2H3. The maximum absolute atomic E-state index is 5.29. The third-order valence-electron chi connectivity index (χ3n) is 2.82. The van der Waals surface area contributed by atoms with E-state index >= 15 is 0 Å². The summed E-state index contributed by atoms with van der Waals surface area (Å²) in [7, 11) is 2.20. The van der Waals surface area contributed by atoms with Crippen molar-refractivity contribution in [2.45, 2.75) is 32.2 Å². The Morgan fingerprint density at radius 2 is 2.07 bits per heavy atom. The van der Waals surface area contributed by atoms with Gasteiger partial charge in [-0.05, 0) is 52.9 Å². The second-order valence-electron chi connectivity index (χ2n) is 4.08.